The third-order valence-electron chi connectivity index (χ3n) is 6.85. The third-order valence-corrected chi connectivity index (χ3v) is 6.85. The third kappa shape index (κ3) is 2.70. The predicted molar refractivity (Wildman–Crippen MR) is 96.4 cm³/mol. The Morgan fingerprint density at radius 2 is 1.79 bits per heavy atom. The van der Waals surface area contributed by atoms with Crippen LogP contribution in [-0.2, 0) is 5.54 Å². The van der Waals surface area contributed by atoms with Crippen LogP contribution in [0.1, 0.15) is 44.1 Å². The smallest absolute Gasteiger partial charge is 0.163 e. The zero-order chi connectivity index (χ0) is 16.8. The van der Waals surface area contributed by atoms with Crippen LogP contribution < -0.4 is 5.32 Å². The number of hydrogen-bond donors (Lipinski definition) is 2. The van der Waals surface area contributed by atoms with E-state index in [1.807, 2.05) is 0 Å². The van der Waals surface area contributed by atoms with Crippen molar-refractivity contribution in [3.8, 4) is 0 Å². The van der Waals surface area contributed by atoms with Crippen molar-refractivity contribution in [1.29, 1.82) is 0 Å². The van der Waals surface area contributed by atoms with Gasteiger partial charge in [-0.2, -0.15) is 0 Å². The molecule has 3 fully saturated rings. The molecule has 2 aliphatic carbocycles. The fourth-order valence-electron chi connectivity index (χ4n) is 4.96. The first-order chi connectivity index (χ1) is 11.6. The first-order valence-corrected chi connectivity index (χ1v) is 9.47. The van der Waals surface area contributed by atoms with E-state index in [4.69, 9.17) is 0 Å². The first kappa shape index (κ1) is 16.5. The Balaban J connectivity index is 1.56. The normalized spacial score (nSPS) is 37.4. The molecule has 4 nitrogen and oxygen atoms in total. The number of nitrogens with zero attached hydrogens (tertiary/aromatic N) is 2. The molecule has 1 heterocycles. The number of nitrogens with one attached hydrogen (secondary N) is 1. The highest BCUT2D eigenvalue weighted by Gasteiger charge is 2.52. The van der Waals surface area contributed by atoms with Gasteiger partial charge in [-0.25, -0.2) is 0 Å². The Bertz CT molecular complexity index is 562. The van der Waals surface area contributed by atoms with Gasteiger partial charge in [-0.3, -0.25) is 15.1 Å². The minimum absolute atomic E-state index is 0.130. The Morgan fingerprint density at radius 1 is 1.12 bits per heavy atom. The predicted octanol–water partition coefficient (Wildman–Crippen LogP) is 2.35. The molecule has 3 aliphatic rings. The van der Waals surface area contributed by atoms with Crippen molar-refractivity contribution in [3.63, 3.8) is 0 Å². The molecule has 24 heavy (non-hydrogen) atoms. The van der Waals surface area contributed by atoms with Crippen molar-refractivity contribution in [2.24, 2.45) is 5.92 Å². The molecule has 2 saturated carbocycles. The lowest BCUT2D eigenvalue weighted by molar-refractivity contribution is -0.0607. The molecule has 0 amide bonds. The molecular weight excluding hydrogens is 298 g/mol. The van der Waals surface area contributed by atoms with E-state index in [-0.39, 0.29) is 11.1 Å². The number of hydrogen-bond acceptors (Lipinski definition) is 4. The maximum atomic E-state index is 10.4. The zero-order valence-corrected chi connectivity index (χ0v) is 15.0. The van der Waals surface area contributed by atoms with Crippen molar-refractivity contribution < 1.29 is 5.11 Å². The molecule has 1 atom stereocenters. The number of benzene rings is 1. The molecule has 1 aromatic carbocycles. The van der Waals surface area contributed by atoms with Gasteiger partial charge >= 0.3 is 0 Å². The molecule has 132 valence electrons. The molecule has 2 N–H and O–H groups in total. The van der Waals surface area contributed by atoms with Gasteiger partial charge in [0.05, 0.1) is 0 Å². The van der Waals surface area contributed by atoms with Crippen LogP contribution in [0.25, 0.3) is 0 Å². The van der Waals surface area contributed by atoms with Gasteiger partial charge in [0.2, 0.25) is 0 Å². The maximum absolute atomic E-state index is 10.4. The summed E-state index contributed by atoms with van der Waals surface area (Å²) < 4.78 is 0. The molecule has 4 heteroatoms. The summed E-state index contributed by atoms with van der Waals surface area (Å²) in [6.07, 6.45) is 6.83. The maximum Gasteiger partial charge on any atom is 0.163 e. The highest BCUT2D eigenvalue weighted by Crippen LogP contribution is 2.48. The summed E-state index contributed by atoms with van der Waals surface area (Å²) in [5.74, 6) is 0.811. The van der Waals surface area contributed by atoms with E-state index in [1.54, 1.807) is 0 Å². The molecule has 4 rings (SSSR count). The summed E-state index contributed by atoms with van der Waals surface area (Å²) in [4.78, 5) is 4.80. The second kappa shape index (κ2) is 6.10. The lowest BCUT2D eigenvalue weighted by Crippen LogP contribution is -2.56. The molecule has 1 spiro atoms. The van der Waals surface area contributed by atoms with Crippen LogP contribution in [0.2, 0.25) is 0 Å². The van der Waals surface area contributed by atoms with E-state index in [9.17, 15) is 5.11 Å². The summed E-state index contributed by atoms with van der Waals surface area (Å²) in [5, 5.41) is 13.8. The lowest BCUT2D eigenvalue weighted by atomic mass is 9.68. The fourth-order valence-corrected chi connectivity index (χ4v) is 4.96. The van der Waals surface area contributed by atoms with Gasteiger partial charge in [0.25, 0.3) is 0 Å². The van der Waals surface area contributed by atoms with E-state index in [0.29, 0.717) is 0 Å². The van der Waals surface area contributed by atoms with Crippen LogP contribution in [0.5, 0.6) is 0 Å². The fraction of sp³-hybridized carbons (Fsp3) is 0.700. The van der Waals surface area contributed by atoms with Gasteiger partial charge in [-0.05, 0) is 64.1 Å². The van der Waals surface area contributed by atoms with E-state index in [1.165, 1.54) is 18.4 Å². The standard InChI is InChI=1S/C20H31N3O/c1-22(2)20(17-6-4-3-5-7-17)12-10-19(11-13-20)15-21-18(24)23(19)14-16-8-9-16/h3-7,16,18,21,24H,8-15H2,1-2H3/t18?,19-,20-. The largest absolute Gasteiger partial charge is 0.365 e. The molecular formula is C20H31N3O. The Kier molecular flexibility index (Phi) is 4.20. The minimum atomic E-state index is -0.450. The molecule has 0 bridgehead atoms. The van der Waals surface area contributed by atoms with Gasteiger partial charge in [0.15, 0.2) is 6.35 Å². The molecule has 0 radical (unpaired) electrons. The van der Waals surface area contributed by atoms with Crippen LogP contribution in [0.15, 0.2) is 30.3 Å². The van der Waals surface area contributed by atoms with Gasteiger partial charge < -0.3 is 5.11 Å². The topological polar surface area (TPSA) is 38.7 Å². The molecule has 1 unspecified atom stereocenters. The molecule has 1 aliphatic heterocycles. The van der Waals surface area contributed by atoms with Gasteiger partial charge in [-0.15, -0.1) is 0 Å². The molecule has 0 aromatic heterocycles. The van der Waals surface area contributed by atoms with Gasteiger partial charge in [0.1, 0.15) is 0 Å². The van der Waals surface area contributed by atoms with Crippen LogP contribution >= 0.6 is 0 Å². The van der Waals surface area contributed by atoms with Crippen molar-refractivity contribution in [2.75, 3.05) is 27.2 Å². The van der Waals surface area contributed by atoms with E-state index in [0.717, 1.165) is 44.7 Å². The minimum Gasteiger partial charge on any atom is -0.365 e. The quantitative estimate of drug-likeness (QED) is 0.889. The van der Waals surface area contributed by atoms with Crippen molar-refractivity contribution >= 4 is 0 Å². The van der Waals surface area contributed by atoms with Crippen LogP contribution in [0.3, 0.4) is 0 Å². The van der Waals surface area contributed by atoms with Crippen molar-refractivity contribution in [1.82, 2.24) is 15.1 Å². The highest BCUT2D eigenvalue weighted by molar-refractivity contribution is 5.26. The lowest BCUT2D eigenvalue weighted by Gasteiger charge is -2.51. The Labute approximate surface area is 145 Å². The second-order valence-electron chi connectivity index (χ2n) is 8.37. The van der Waals surface area contributed by atoms with Gasteiger partial charge in [-0.1, -0.05) is 30.3 Å². The van der Waals surface area contributed by atoms with E-state index < -0.39 is 6.35 Å². The average molecular weight is 329 g/mol. The van der Waals surface area contributed by atoms with Crippen molar-refractivity contribution in [2.45, 2.75) is 56.0 Å². The summed E-state index contributed by atoms with van der Waals surface area (Å²) in [5.41, 5.74) is 1.71. The van der Waals surface area contributed by atoms with Crippen molar-refractivity contribution in [3.05, 3.63) is 35.9 Å². The van der Waals surface area contributed by atoms with E-state index in [2.05, 4.69) is 59.5 Å². The van der Waals surface area contributed by atoms with Crippen LogP contribution in [0, 0.1) is 5.92 Å². The Hall–Kier alpha value is -0.940. The summed E-state index contributed by atoms with van der Waals surface area (Å²) in [7, 11) is 4.43. The molecule has 1 saturated heterocycles. The van der Waals surface area contributed by atoms with E-state index >= 15 is 0 Å². The summed E-state index contributed by atoms with van der Waals surface area (Å²) in [6.45, 7) is 1.99. The highest BCUT2D eigenvalue weighted by atomic mass is 16.3. The summed E-state index contributed by atoms with van der Waals surface area (Å²) >= 11 is 0. The second-order valence-corrected chi connectivity index (χ2v) is 8.37. The van der Waals surface area contributed by atoms with Crippen LogP contribution in [-0.4, -0.2) is 54.0 Å². The average Bonchev–Trinajstić information content (AvgIpc) is 3.38. The van der Waals surface area contributed by atoms with Gasteiger partial charge in [0, 0.05) is 24.2 Å². The Morgan fingerprint density at radius 3 is 2.38 bits per heavy atom. The number of rotatable bonds is 4. The number of aliphatic hydroxyl groups excluding tert-OH is 1. The monoisotopic (exact) mass is 329 g/mol. The first-order valence-electron chi connectivity index (χ1n) is 9.47. The SMILES string of the molecule is CN(C)[C@]1(c2ccccc2)CC[C@@]2(CC1)CNC(O)N2CC1CC1. The summed E-state index contributed by atoms with van der Waals surface area (Å²) in [6, 6.07) is 11.0. The molecule has 1 aromatic rings. The van der Waals surface area contributed by atoms with Crippen LogP contribution in [0.4, 0.5) is 0 Å². The zero-order valence-electron chi connectivity index (χ0n) is 15.0. The number of aliphatic hydroxyl groups is 1.